The molecule has 0 amide bonds. The number of rotatable bonds is 7. The second kappa shape index (κ2) is 6.83. The van der Waals surface area contributed by atoms with Gasteiger partial charge in [0, 0.05) is 6.04 Å². The van der Waals surface area contributed by atoms with E-state index in [9.17, 15) is 0 Å². The molecular formula is C19H31NO. The van der Waals surface area contributed by atoms with E-state index in [0.29, 0.717) is 0 Å². The summed E-state index contributed by atoms with van der Waals surface area (Å²) < 4.78 is 6.11. The van der Waals surface area contributed by atoms with Gasteiger partial charge in [0.2, 0.25) is 0 Å². The Hall–Kier alpha value is -1.02. The van der Waals surface area contributed by atoms with E-state index >= 15 is 0 Å². The summed E-state index contributed by atoms with van der Waals surface area (Å²) in [6.45, 7) is 12.2. The van der Waals surface area contributed by atoms with E-state index in [0.717, 1.165) is 24.8 Å². The number of benzene rings is 1. The van der Waals surface area contributed by atoms with Crippen molar-refractivity contribution < 1.29 is 4.74 Å². The van der Waals surface area contributed by atoms with E-state index in [-0.39, 0.29) is 11.5 Å². The van der Waals surface area contributed by atoms with Gasteiger partial charge in [-0.2, -0.15) is 0 Å². The third kappa shape index (κ3) is 5.35. The molecule has 1 aliphatic rings. The summed E-state index contributed by atoms with van der Waals surface area (Å²) >= 11 is 0. The summed E-state index contributed by atoms with van der Waals surface area (Å²) in [5, 5.41) is 3.56. The summed E-state index contributed by atoms with van der Waals surface area (Å²) in [4.78, 5) is 0. The SMILES string of the molecule is Cc1cc(C(C)(C)C)ccc1OC(C)CCCNC1CC1. The lowest BCUT2D eigenvalue weighted by molar-refractivity contribution is 0.206. The van der Waals surface area contributed by atoms with Crippen LogP contribution in [0.15, 0.2) is 18.2 Å². The molecule has 2 heteroatoms. The van der Waals surface area contributed by atoms with E-state index < -0.39 is 0 Å². The van der Waals surface area contributed by atoms with Gasteiger partial charge in [-0.3, -0.25) is 0 Å². The highest BCUT2D eigenvalue weighted by Gasteiger charge is 2.19. The van der Waals surface area contributed by atoms with Gasteiger partial charge in [0.1, 0.15) is 5.75 Å². The van der Waals surface area contributed by atoms with Gasteiger partial charge in [-0.05, 0) is 68.7 Å². The quantitative estimate of drug-likeness (QED) is 0.741. The van der Waals surface area contributed by atoms with Gasteiger partial charge in [0.05, 0.1) is 6.10 Å². The third-order valence-electron chi connectivity index (χ3n) is 4.17. The maximum absolute atomic E-state index is 6.11. The Balaban J connectivity index is 1.80. The lowest BCUT2D eigenvalue weighted by Crippen LogP contribution is -2.20. The number of ether oxygens (including phenoxy) is 1. The lowest BCUT2D eigenvalue weighted by atomic mass is 9.86. The lowest BCUT2D eigenvalue weighted by Gasteiger charge is -2.22. The molecule has 1 aliphatic carbocycles. The monoisotopic (exact) mass is 289 g/mol. The van der Waals surface area contributed by atoms with Crippen molar-refractivity contribution in [2.75, 3.05) is 6.54 Å². The van der Waals surface area contributed by atoms with Gasteiger partial charge in [-0.25, -0.2) is 0 Å². The second-order valence-electron chi connectivity index (χ2n) is 7.53. The molecule has 2 rings (SSSR count). The molecule has 1 fully saturated rings. The van der Waals surface area contributed by atoms with Crippen molar-refractivity contribution in [3.05, 3.63) is 29.3 Å². The topological polar surface area (TPSA) is 21.3 Å². The van der Waals surface area contributed by atoms with Crippen LogP contribution >= 0.6 is 0 Å². The molecule has 0 radical (unpaired) electrons. The van der Waals surface area contributed by atoms with Crippen LogP contribution in [0, 0.1) is 6.92 Å². The van der Waals surface area contributed by atoms with Crippen LogP contribution in [0.4, 0.5) is 0 Å². The highest BCUT2D eigenvalue weighted by atomic mass is 16.5. The fourth-order valence-electron chi connectivity index (χ4n) is 2.51. The Morgan fingerprint density at radius 2 is 2.00 bits per heavy atom. The van der Waals surface area contributed by atoms with Crippen LogP contribution in [0.5, 0.6) is 5.75 Å². The fraction of sp³-hybridized carbons (Fsp3) is 0.684. The van der Waals surface area contributed by atoms with Crippen molar-refractivity contribution in [2.24, 2.45) is 0 Å². The number of nitrogens with one attached hydrogen (secondary N) is 1. The van der Waals surface area contributed by atoms with Crippen molar-refractivity contribution in [3.8, 4) is 5.75 Å². The van der Waals surface area contributed by atoms with Gasteiger partial charge in [0.15, 0.2) is 0 Å². The van der Waals surface area contributed by atoms with Gasteiger partial charge < -0.3 is 10.1 Å². The molecule has 1 saturated carbocycles. The molecule has 21 heavy (non-hydrogen) atoms. The van der Waals surface area contributed by atoms with Gasteiger partial charge in [-0.15, -0.1) is 0 Å². The Labute approximate surface area is 130 Å². The molecule has 0 aliphatic heterocycles. The molecule has 1 aromatic rings. The van der Waals surface area contributed by atoms with E-state index in [1.807, 2.05) is 0 Å². The standard InChI is InChI=1S/C19H31NO/c1-14-13-16(19(3,4)5)8-11-18(14)21-15(2)7-6-12-20-17-9-10-17/h8,11,13,15,17,20H,6-7,9-10,12H2,1-5H3. The highest BCUT2D eigenvalue weighted by molar-refractivity contribution is 5.38. The Morgan fingerprint density at radius 1 is 1.29 bits per heavy atom. The van der Waals surface area contributed by atoms with Gasteiger partial charge in [0.25, 0.3) is 0 Å². The fourth-order valence-corrected chi connectivity index (χ4v) is 2.51. The number of aryl methyl sites for hydroxylation is 1. The average Bonchev–Trinajstić information content (AvgIpc) is 3.20. The zero-order valence-electron chi connectivity index (χ0n) is 14.3. The molecule has 0 heterocycles. The third-order valence-corrected chi connectivity index (χ3v) is 4.17. The van der Waals surface area contributed by atoms with E-state index in [4.69, 9.17) is 4.74 Å². The Bertz CT molecular complexity index is 457. The normalized spacial score (nSPS) is 16.8. The van der Waals surface area contributed by atoms with Crippen LogP contribution in [0.2, 0.25) is 0 Å². The largest absolute Gasteiger partial charge is 0.490 e. The van der Waals surface area contributed by atoms with Crippen molar-refractivity contribution in [1.29, 1.82) is 0 Å². The van der Waals surface area contributed by atoms with Crippen LogP contribution in [-0.2, 0) is 5.41 Å². The van der Waals surface area contributed by atoms with E-state index in [1.54, 1.807) is 0 Å². The first-order chi connectivity index (χ1) is 9.86. The predicted molar refractivity (Wildman–Crippen MR) is 90.2 cm³/mol. The second-order valence-corrected chi connectivity index (χ2v) is 7.53. The molecule has 2 nitrogen and oxygen atoms in total. The molecular weight excluding hydrogens is 258 g/mol. The first kappa shape index (κ1) is 16.4. The minimum Gasteiger partial charge on any atom is -0.490 e. The molecule has 0 bridgehead atoms. The number of hydrogen-bond acceptors (Lipinski definition) is 2. The maximum atomic E-state index is 6.11. The molecule has 1 N–H and O–H groups in total. The van der Waals surface area contributed by atoms with Crippen LogP contribution in [0.3, 0.4) is 0 Å². The molecule has 1 aromatic carbocycles. The predicted octanol–water partition coefficient (Wildman–Crippen LogP) is 4.59. The summed E-state index contributed by atoms with van der Waals surface area (Å²) in [7, 11) is 0. The maximum Gasteiger partial charge on any atom is 0.122 e. The summed E-state index contributed by atoms with van der Waals surface area (Å²) in [6, 6.07) is 7.41. The first-order valence-electron chi connectivity index (χ1n) is 8.37. The zero-order chi connectivity index (χ0) is 15.5. The number of hydrogen-bond donors (Lipinski definition) is 1. The highest BCUT2D eigenvalue weighted by Crippen LogP contribution is 2.28. The van der Waals surface area contributed by atoms with Gasteiger partial charge in [-0.1, -0.05) is 32.9 Å². The smallest absolute Gasteiger partial charge is 0.122 e. The van der Waals surface area contributed by atoms with Crippen molar-refractivity contribution in [2.45, 2.75) is 77.9 Å². The Morgan fingerprint density at radius 3 is 2.57 bits per heavy atom. The first-order valence-corrected chi connectivity index (χ1v) is 8.37. The molecule has 1 atom stereocenters. The van der Waals surface area contributed by atoms with E-state index in [1.165, 1.54) is 30.4 Å². The van der Waals surface area contributed by atoms with Crippen molar-refractivity contribution in [3.63, 3.8) is 0 Å². The van der Waals surface area contributed by atoms with Gasteiger partial charge >= 0.3 is 0 Å². The summed E-state index contributed by atoms with van der Waals surface area (Å²) in [5.41, 5.74) is 2.81. The molecule has 0 aromatic heterocycles. The van der Waals surface area contributed by atoms with E-state index in [2.05, 4.69) is 58.1 Å². The molecule has 0 spiro atoms. The van der Waals surface area contributed by atoms with Crippen LogP contribution < -0.4 is 10.1 Å². The summed E-state index contributed by atoms with van der Waals surface area (Å²) in [6.07, 6.45) is 5.32. The van der Waals surface area contributed by atoms with Crippen LogP contribution in [-0.4, -0.2) is 18.7 Å². The average molecular weight is 289 g/mol. The molecule has 1 unspecified atom stereocenters. The minimum absolute atomic E-state index is 0.198. The molecule has 0 saturated heterocycles. The Kier molecular flexibility index (Phi) is 5.32. The summed E-state index contributed by atoms with van der Waals surface area (Å²) in [5.74, 6) is 1.03. The zero-order valence-corrected chi connectivity index (χ0v) is 14.3. The van der Waals surface area contributed by atoms with Crippen LogP contribution in [0.25, 0.3) is 0 Å². The minimum atomic E-state index is 0.198. The van der Waals surface area contributed by atoms with Crippen molar-refractivity contribution >= 4 is 0 Å². The molecule has 118 valence electrons. The van der Waals surface area contributed by atoms with Crippen molar-refractivity contribution in [1.82, 2.24) is 5.32 Å². The van der Waals surface area contributed by atoms with Crippen LogP contribution in [0.1, 0.15) is 64.5 Å².